The van der Waals surface area contributed by atoms with Gasteiger partial charge < -0.3 is 39.2 Å². The predicted molar refractivity (Wildman–Crippen MR) is 482 cm³/mol. The number of anilines is 8. The van der Waals surface area contributed by atoms with Gasteiger partial charge >= 0.3 is 0 Å². The molecular weight excluding hydrogens is 1360 g/mol. The molecule has 14 unspecified atom stereocenters. The summed E-state index contributed by atoms with van der Waals surface area (Å²) in [4.78, 5) is 20.7. The largest absolute Gasteiger partial charge is 0.369 e. The van der Waals surface area contributed by atoms with E-state index in [1.54, 1.807) is 0 Å². The molecular formula is C104H136N8. The Bertz CT molecular complexity index is 5130. The Morgan fingerprint density at radius 1 is 0.214 bits per heavy atom. The highest BCUT2D eigenvalue weighted by Gasteiger charge is 2.54. The van der Waals surface area contributed by atoms with Crippen LogP contribution in [0.5, 0.6) is 0 Å². The lowest BCUT2D eigenvalue weighted by Crippen LogP contribution is -2.53. The van der Waals surface area contributed by atoms with E-state index in [0.717, 1.165) is 0 Å². The van der Waals surface area contributed by atoms with Crippen molar-refractivity contribution in [1.82, 2.24) is 0 Å². The molecule has 0 fully saturated rings. The first-order chi connectivity index (χ1) is 52.3. The van der Waals surface area contributed by atoms with Crippen molar-refractivity contribution < 1.29 is 0 Å². The second-order valence-corrected chi connectivity index (χ2v) is 41.6. The number of para-hydroxylation sites is 1. The van der Waals surface area contributed by atoms with E-state index in [2.05, 4.69) is 419 Å². The van der Waals surface area contributed by atoms with Crippen molar-refractivity contribution in [3.8, 4) is 0 Å². The Morgan fingerprint density at radius 2 is 0.402 bits per heavy atom. The predicted octanol–water partition coefficient (Wildman–Crippen LogP) is 24.3. The van der Waals surface area contributed by atoms with Crippen molar-refractivity contribution in [2.75, 3.05) is 95.6 Å². The van der Waals surface area contributed by atoms with Crippen molar-refractivity contribution in [2.45, 2.75) is 252 Å². The molecule has 0 aliphatic carbocycles. The molecule has 0 radical (unpaired) electrons. The first-order valence-corrected chi connectivity index (χ1v) is 42.9. The molecule has 0 saturated heterocycles. The molecule has 0 saturated carbocycles. The smallest absolute Gasteiger partial charge is 0.0555 e. The standard InChI is InChI=1S/C104H136N8/c1-59-51-74-52-67(37-44-82(74)105(25)97(59,9)10)91-61(3)99(13,14)107(27)84-46-39-69(54-76(84)91)93-63(5)101(17,18)109(29)86-48-41-71(56-78(86)93)95-65(7)103(21,22)111(31)88-50-43-73(58-80(88)95)96-66(8)104(23,24)112(32)89-49-42-72(57-81(89)96)94-64(6)102(19,20)110(30)87-47-40-70(55-79(87)94)92-62(4)100(15,16)108(28)85-45-38-68(53-77(85)92)90-60(2)98(11,12)106(26)83-36-34-33-35-75(83)90/h33-58,60-66,90-96H,1-32H3. The van der Waals surface area contributed by atoms with E-state index >= 15 is 0 Å². The fourth-order valence-electron chi connectivity index (χ4n) is 23.5. The zero-order valence-corrected chi connectivity index (χ0v) is 74.7. The number of hydrogen-bond acceptors (Lipinski definition) is 8. The Morgan fingerprint density at radius 3 is 0.634 bits per heavy atom. The minimum absolute atomic E-state index is 0.0336. The van der Waals surface area contributed by atoms with E-state index < -0.39 is 0 Å². The molecule has 0 aromatic heterocycles. The van der Waals surface area contributed by atoms with Gasteiger partial charge in [-0.05, 0) is 303 Å². The van der Waals surface area contributed by atoms with Crippen molar-refractivity contribution in [3.05, 3.63) is 241 Å². The average Bonchev–Trinajstić information content (AvgIpc) is 0.717. The summed E-state index contributed by atoms with van der Waals surface area (Å²) in [5.41, 5.74) is 32.8. The fraction of sp³-hybridized carbons (Fsp3) is 0.519. The number of likely N-dealkylation sites (N-methyl/N-ethyl adjacent to an activating group) is 1. The molecule has 8 heteroatoms. The molecule has 14 atom stereocenters. The average molecular weight is 1500 g/mol. The molecule has 0 N–H and O–H groups in total. The maximum atomic E-state index is 2.72. The van der Waals surface area contributed by atoms with Crippen molar-refractivity contribution in [1.29, 1.82) is 0 Å². The second kappa shape index (κ2) is 25.7. The van der Waals surface area contributed by atoms with Crippen LogP contribution in [0.3, 0.4) is 0 Å². The van der Waals surface area contributed by atoms with Gasteiger partial charge in [0, 0.05) is 182 Å². The quantitative estimate of drug-likeness (QED) is 0.156. The number of hydrogen-bond donors (Lipinski definition) is 0. The lowest BCUT2D eigenvalue weighted by Gasteiger charge is -2.54. The summed E-state index contributed by atoms with van der Waals surface area (Å²) >= 11 is 0. The van der Waals surface area contributed by atoms with E-state index in [1.807, 2.05) is 0 Å². The molecule has 8 aromatic rings. The van der Waals surface area contributed by atoms with Gasteiger partial charge in [-0.2, -0.15) is 0 Å². The zero-order valence-electron chi connectivity index (χ0n) is 74.7. The zero-order chi connectivity index (χ0) is 80.9. The van der Waals surface area contributed by atoms with Gasteiger partial charge in [0.1, 0.15) is 0 Å². The van der Waals surface area contributed by atoms with Crippen LogP contribution in [0.15, 0.2) is 157 Å². The molecule has 8 nitrogen and oxygen atoms in total. The molecule has 8 heterocycles. The van der Waals surface area contributed by atoms with E-state index in [4.69, 9.17) is 0 Å². The SMILES string of the molecule is CC1=Cc2cc(C3c4cc(C5c6cc(C7c8cc(C9c%10cc(C%11c%12cc(C%13c%14cc(C%15c%16ccccc%16N(C)C(C)(C)C%15C)ccc%14N(C)C(C)(C)C%13C)ccc%12N(C)C(C)(C)C%11C)ccc%10N(C)C(C)(C)C9C)ccc8N(C)C(C)(C)C7C)ccc6N(C)C(C)(C)C5C)ccc4N(C)C(C)(C)C3C)ccc2N(C)C1(C)C. The normalized spacial score (nSPS) is 29.7. The number of rotatable bonds is 7. The van der Waals surface area contributed by atoms with Crippen molar-refractivity contribution in [2.24, 2.45) is 41.4 Å². The molecule has 8 aromatic carbocycles. The lowest BCUT2D eigenvalue weighted by molar-refractivity contribution is 0.277. The van der Waals surface area contributed by atoms with Crippen LogP contribution in [0.1, 0.15) is 291 Å². The van der Waals surface area contributed by atoms with Gasteiger partial charge in [0.2, 0.25) is 0 Å². The third-order valence-electron chi connectivity index (χ3n) is 35.6. The van der Waals surface area contributed by atoms with Crippen LogP contribution >= 0.6 is 0 Å². The summed E-state index contributed by atoms with van der Waals surface area (Å²) in [6.45, 7) is 59.5. The van der Waals surface area contributed by atoms with E-state index in [9.17, 15) is 0 Å². The third-order valence-corrected chi connectivity index (χ3v) is 35.6. The monoisotopic (exact) mass is 1500 g/mol. The molecule has 8 aliphatic rings. The van der Waals surface area contributed by atoms with Gasteiger partial charge in [0.15, 0.2) is 0 Å². The molecule has 592 valence electrons. The van der Waals surface area contributed by atoms with Gasteiger partial charge in [-0.15, -0.1) is 0 Å². The maximum Gasteiger partial charge on any atom is 0.0555 e. The number of benzene rings is 8. The van der Waals surface area contributed by atoms with Gasteiger partial charge in [0.05, 0.1) is 5.54 Å². The minimum Gasteiger partial charge on any atom is -0.369 e. The summed E-state index contributed by atoms with van der Waals surface area (Å²) < 4.78 is 0. The van der Waals surface area contributed by atoms with Crippen LogP contribution in [-0.4, -0.2) is 101 Å². The summed E-state index contributed by atoms with van der Waals surface area (Å²) in [5, 5.41) is 0. The molecule has 0 bridgehead atoms. The van der Waals surface area contributed by atoms with Crippen LogP contribution < -0.4 is 39.2 Å². The summed E-state index contributed by atoms with van der Waals surface area (Å²) in [5.74, 6) is 3.48. The van der Waals surface area contributed by atoms with Gasteiger partial charge in [-0.3, -0.25) is 0 Å². The molecule has 16 rings (SSSR count). The van der Waals surface area contributed by atoms with Gasteiger partial charge in [0.25, 0.3) is 0 Å². The van der Waals surface area contributed by atoms with Crippen LogP contribution in [-0.2, 0) is 0 Å². The van der Waals surface area contributed by atoms with E-state index in [1.165, 1.54) is 135 Å². The van der Waals surface area contributed by atoms with Crippen molar-refractivity contribution in [3.63, 3.8) is 0 Å². The highest BCUT2D eigenvalue weighted by Crippen LogP contribution is 2.62. The van der Waals surface area contributed by atoms with Gasteiger partial charge in [-0.25, -0.2) is 0 Å². The summed E-state index contributed by atoms with van der Waals surface area (Å²) in [7, 11) is 18.7. The van der Waals surface area contributed by atoms with Crippen LogP contribution in [0.2, 0.25) is 0 Å². The van der Waals surface area contributed by atoms with E-state index in [-0.39, 0.29) is 97.6 Å². The molecule has 0 amide bonds. The number of nitrogens with zero attached hydrogens (tertiary/aromatic N) is 8. The topological polar surface area (TPSA) is 25.9 Å². The third kappa shape index (κ3) is 10.8. The van der Waals surface area contributed by atoms with Crippen LogP contribution in [0.4, 0.5) is 45.5 Å². The minimum atomic E-state index is -0.138. The highest BCUT2D eigenvalue weighted by atomic mass is 15.2. The van der Waals surface area contributed by atoms with Crippen LogP contribution in [0, 0.1) is 41.4 Å². The van der Waals surface area contributed by atoms with Crippen molar-refractivity contribution >= 4 is 51.6 Å². The molecule has 112 heavy (non-hydrogen) atoms. The summed E-state index contributed by atoms with van der Waals surface area (Å²) in [6.07, 6.45) is 2.46. The Hall–Kier alpha value is -8.10. The highest BCUT2D eigenvalue weighted by molar-refractivity contribution is 5.79. The van der Waals surface area contributed by atoms with Gasteiger partial charge in [-0.1, -0.05) is 152 Å². The maximum absolute atomic E-state index is 2.72. The Balaban J connectivity index is 0.808. The molecule has 0 spiro atoms. The fourth-order valence-corrected chi connectivity index (χ4v) is 23.5. The first-order valence-electron chi connectivity index (χ1n) is 42.9. The summed E-state index contributed by atoms with van der Waals surface area (Å²) in [6, 6.07) is 63.1. The number of fused-ring (bicyclic) bond motifs is 8. The molecule has 8 aliphatic heterocycles. The lowest BCUT2D eigenvalue weighted by atomic mass is 9.63. The van der Waals surface area contributed by atoms with Crippen LogP contribution in [0.25, 0.3) is 6.08 Å². The first kappa shape index (κ1) is 77.8. The second-order valence-electron chi connectivity index (χ2n) is 41.6. The Kier molecular flexibility index (Phi) is 17.9. The Labute approximate surface area is 677 Å². The van der Waals surface area contributed by atoms with E-state index in [0.29, 0.717) is 29.6 Å².